The Kier molecular flexibility index (Phi) is 5.46. The van der Waals surface area contributed by atoms with Gasteiger partial charge < -0.3 is 15.2 Å². The standard InChI is InChI=1S/C16H32N2O2/c1-12(2)13-5-7-16(11-17,8-6-13)18-9-14(19-3)15(10-18)20-4/h12-15H,5-11,17H2,1-4H3. The molecule has 2 unspecified atom stereocenters. The van der Waals surface area contributed by atoms with Crippen molar-refractivity contribution in [3.8, 4) is 0 Å². The topological polar surface area (TPSA) is 47.7 Å². The van der Waals surface area contributed by atoms with Crippen LogP contribution in [0.25, 0.3) is 0 Å². The molecule has 4 heteroatoms. The summed E-state index contributed by atoms with van der Waals surface area (Å²) in [5, 5.41) is 0. The quantitative estimate of drug-likeness (QED) is 0.837. The lowest BCUT2D eigenvalue weighted by Gasteiger charge is -2.46. The molecule has 0 aromatic carbocycles. The molecule has 0 bridgehead atoms. The van der Waals surface area contributed by atoms with Crippen molar-refractivity contribution in [3.05, 3.63) is 0 Å². The van der Waals surface area contributed by atoms with Crippen LogP contribution in [0.15, 0.2) is 0 Å². The van der Waals surface area contributed by atoms with E-state index in [9.17, 15) is 0 Å². The molecule has 1 aliphatic carbocycles. The fourth-order valence-corrected chi connectivity index (χ4v) is 4.08. The number of nitrogens with two attached hydrogens (primary N) is 1. The molecule has 0 aromatic rings. The third kappa shape index (κ3) is 3.03. The van der Waals surface area contributed by atoms with E-state index in [-0.39, 0.29) is 17.7 Å². The summed E-state index contributed by atoms with van der Waals surface area (Å²) in [7, 11) is 3.57. The molecular formula is C16H32N2O2. The molecule has 0 aromatic heterocycles. The Morgan fingerprint density at radius 3 is 1.95 bits per heavy atom. The lowest BCUT2D eigenvalue weighted by atomic mass is 9.72. The Morgan fingerprint density at radius 2 is 1.60 bits per heavy atom. The van der Waals surface area contributed by atoms with E-state index >= 15 is 0 Å². The van der Waals surface area contributed by atoms with Crippen molar-refractivity contribution in [2.45, 2.75) is 57.3 Å². The van der Waals surface area contributed by atoms with E-state index in [0.29, 0.717) is 0 Å². The molecule has 20 heavy (non-hydrogen) atoms. The summed E-state index contributed by atoms with van der Waals surface area (Å²) in [6.45, 7) is 7.36. The van der Waals surface area contributed by atoms with Crippen LogP contribution in [0, 0.1) is 11.8 Å². The monoisotopic (exact) mass is 284 g/mol. The van der Waals surface area contributed by atoms with Crippen LogP contribution in [0.5, 0.6) is 0 Å². The van der Waals surface area contributed by atoms with Crippen molar-refractivity contribution in [2.24, 2.45) is 17.6 Å². The summed E-state index contributed by atoms with van der Waals surface area (Å²) in [4.78, 5) is 2.55. The van der Waals surface area contributed by atoms with Crippen LogP contribution in [0.3, 0.4) is 0 Å². The molecule has 1 heterocycles. The first-order valence-electron chi connectivity index (χ1n) is 8.07. The zero-order chi connectivity index (χ0) is 14.8. The Bertz CT molecular complexity index is 289. The maximum Gasteiger partial charge on any atom is 0.0972 e. The Hall–Kier alpha value is -0.160. The first-order valence-corrected chi connectivity index (χ1v) is 8.07. The summed E-state index contributed by atoms with van der Waals surface area (Å²) in [5.41, 5.74) is 6.37. The van der Waals surface area contributed by atoms with Gasteiger partial charge in [-0.2, -0.15) is 0 Å². The summed E-state index contributed by atoms with van der Waals surface area (Å²) >= 11 is 0. The van der Waals surface area contributed by atoms with E-state index < -0.39 is 0 Å². The van der Waals surface area contributed by atoms with Crippen LogP contribution < -0.4 is 5.73 Å². The van der Waals surface area contributed by atoms with E-state index in [1.165, 1.54) is 25.7 Å². The predicted octanol–water partition coefficient (Wildman–Crippen LogP) is 1.88. The van der Waals surface area contributed by atoms with Crippen LogP contribution in [-0.2, 0) is 9.47 Å². The third-order valence-corrected chi connectivity index (χ3v) is 5.78. The van der Waals surface area contributed by atoms with Crippen LogP contribution in [-0.4, -0.2) is 56.5 Å². The van der Waals surface area contributed by atoms with Gasteiger partial charge in [0, 0.05) is 39.4 Å². The normalized spacial score (nSPS) is 39.6. The van der Waals surface area contributed by atoms with E-state index in [0.717, 1.165) is 31.5 Å². The van der Waals surface area contributed by atoms with Crippen LogP contribution >= 0.6 is 0 Å². The van der Waals surface area contributed by atoms with Gasteiger partial charge in [-0.3, -0.25) is 4.90 Å². The number of ether oxygens (including phenoxy) is 2. The van der Waals surface area contributed by atoms with Gasteiger partial charge in [-0.25, -0.2) is 0 Å². The minimum atomic E-state index is 0.176. The molecule has 2 aliphatic rings. The molecule has 2 fully saturated rings. The summed E-state index contributed by atoms with van der Waals surface area (Å²) in [6.07, 6.45) is 5.43. The van der Waals surface area contributed by atoms with Gasteiger partial charge in [-0.05, 0) is 37.5 Å². The number of nitrogens with zero attached hydrogens (tertiary/aromatic N) is 1. The van der Waals surface area contributed by atoms with Crippen molar-refractivity contribution in [3.63, 3.8) is 0 Å². The van der Waals surface area contributed by atoms with Crippen molar-refractivity contribution >= 4 is 0 Å². The molecule has 2 atom stereocenters. The van der Waals surface area contributed by atoms with Gasteiger partial charge in [0.05, 0.1) is 12.2 Å². The maximum absolute atomic E-state index is 6.19. The minimum Gasteiger partial charge on any atom is -0.377 e. The van der Waals surface area contributed by atoms with Gasteiger partial charge in [0.1, 0.15) is 0 Å². The first kappa shape index (κ1) is 16.2. The number of rotatable bonds is 5. The molecule has 4 nitrogen and oxygen atoms in total. The summed E-state index contributed by atoms with van der Waals surface area (Å²) in [5.74, 6) is 1.66. The van der Waals surface area contributed by atoms with Crippen molar-refractivity contribution in [1.29, 1.82) is 0 Å². The molecule has 0 spiro atoms. The van der Waals surface area contributed by atoms with Crippen molar-refractivity contribution in [2.75, 3.05) is 33.9 Å². The van der Waals surface area contributed by atoms with E-state index in [1.807, 2.05) is 0 Å². The lowest BCUT2D eigenvalue weighted by molar-refractivity contribution is -0.00461. The predicted molar refractivity (Wildman–Crippen MR) is 81.7 cm³/mol. The fourth-order valence-electron chi connectivity index (χ4n) is 4.08. The van der Waals surface area contributed by atoms with Gasteiger partial charge in [-0.15, -0.1) is 0 Å². The Balaban J connectivity index is 2.02. The van der Waals surface area contributed by atoms with E-state index in [2.05, 4.69) is 18.7 Å². The third-order valence-electron chi connectivity index (χ3n) is 5.78. The highest BCUT2D eigenvalue weighted by Gasteiger charge is 2.46. The van der Waals surface area contributed by atoms with Crippen molar-refractivity contribution in [1.82, 2.24) is 4.90 Å². The second-order valence-corrected chi connectivity index (χ2v) is 6.96. The summed E-state index contributed by atoms with van der Waals surface area (Å²) in [6, 6.07) is 0. The average Bonchev–Trinajstić information content (AvgIpc) is 2.91. The molecule has 2 N–H and O–H groups in total. The Morgan fingerprint density at radius 1 is 1.10 bits per heavy atom. The molecule has 2 rings (SSSR count). The number of likely N-dealkylation sites (tertiary alicyclic amines) is 1. The highest BCUT2D eigenvalue weighted by molar-refractivity contribution is 5.01. The first-order chi connectivity index (χ1) is 9.56. The SMILES string of the molecule is COC1CN(C2(CN)CCC(C(C)C)CC2)CC1OC. The highest BCUT2D eigenvalue weighted by Crippen LogP contribution is 2.40. The molecule has 1 aliphatic heterocycles. The van der Waals surface area contributed by atoms with Crippen molar-refractivity contribution < 1.29 is 9.47 Å². The van der Waals surface area contributed by atoms with Gasteiger partial charge in [0.2, 0.25) is 0 Å². The molecule has 0 amide bonds. The van der Waals surface area contributed by atoms with Crippen LogP contribution in [0.1, 0.15) is 39.5 Å². The van der Waals surface area contributed by atoms with Gasteiger partial charge in [-0.1, -0.05) is 13.8 Å². The second-order valence-electron chi connectivity index (χ2n) is 6.96. The lowest BCUT2D eigenvalue weighted by Crippen LogP contribution is -2.55. The second kappa shape index (κ2) is 6.73. The zero-order valence-electron chi connectivity index (χ0n) is 13.6. The van der Waals surface area contributed by atoms with Gasteiger partial charge >= 0.3 is 0 Å². The van der Waals surface area contributed by atoms with Gasteiger partial charge in [0.15, 0.2) is 0 Å². The summed E-state index contributed by atoms with van der Waals surface area (Å²) < 4.78 is 11.2. The maximum atomic E-state index is 6.19. The highest BCUT2D eigenvalue weighted by atomic mass is 16.5. The van der Waals surface area contributed by atoms with Crippen LogP contribution in [0.2, 0.25) is 0 Å². The van der Waals surface area contributed by atoms with Crippen LogP contribution in [0.4, 0.5) is 0 Å². The number of hydrogen-bond donors (Lipinski definition) is 1. The smallest absolute Gasteiger partial charge is 0.0972 e. The fraction of sp³-hybridized carbons (Fsp3) is 1.00. The average molecular weight is 284 g/mol. The molecule has 1 saturated carbocycles. The largest absolute Gasteiger partial charge is 0.377 e. The van der Waals surface area contributed by atoms with E-state index in [1.54, 1.807) is 14.2 Å². The number of methoxy groups -OCH3 is 2. The molecular weight excluding hydrogens is 252 g/mol. The molecule has 1 saturated heterocycles. The number of hydrogen-bond acceptors (Lipinski definition) is 4. The zero-order valence-corrected chi connectivity index (χ0v) is 13.6. The molecule has 0 radical (unpaired) electrons. The van der Waals surface area contributed by atoms with Gasteiger partial charge in [0.25, 0.3) is 0 Å². The van der Waals surface area contributed by atoms with E-state index in [4.69, 9.17) is 15.2 Å². The molecule has 118 valence electrons. The minimum absolute atomic E-state index is 0.176. The Labute approximate surface area is 124 Å².